The van der Waals surface area contributed by atoms with Crippen LogP contribution in [0.4, 0.5) is 5.69 Å². The summed E-state index contributed by atoms with van der Waals surface area (Å²) < 4.78 is 0. The van der Waals surface area contributed by atoms with Gasteiger partial charge in [0.1, 0.15) is 0 Å². The normalized spacial score (nSPS) is 9.47. The highest BCUT2D eigenvalue weighted by Gasteiger charge is 2.02. The molecule has 4 heteroatoms. The number of carbonyl (C=O) groups excluding carboxylic acids is 1. The molecule has 1 rings (SSSR count). The summed E-state index contributed by atoms with van der Waals surface area (Å²) in [6, 6.07) is 8.04. The fourth-order valence-electron chi connectivity index (χ4n) is 1.42. The molecular weight excluding hydrogens is 214 g/mol. The highest BCUT2D eigenvalue weighted by molar-refractivity contribution is 5.80. The van der Waals surface area contributed by atoms with Crippen LogP contribution >= 0.6 is 0 Å². The van der Waals surface area contributed by atoms with Crippen molar-refractivity contribution in [2.45, 2.75) is 20.3 Å². The van der Waals surface area contributed by atoms with Crippen LogP contribution < -0.4 is 10.6 Å². The molecule has 0 aliphatic heterocycles. The van der Waals surface area contributed by atoms with Crippen molar-refractivity contribution in [3.63, 3.8) is 0 Å². The van der Waals surface area contributed by atoms with Crippen LogP contribution in [-0.4, -0.2) is 19.0 Å². The van der Waals surface area contributed by atoms with E-state index in [0.717, 1.165) is 16.8 Å². The van der Waals surface area contributed by atoms with E-state index in [1.165, 1.54) is 0 Å². The van der Waals surface area contributed by atoms with Gasteiger partial charge in [-0.1, -0.05) is 12.1 Å². The van der Waals surface area contributed by atoms with Crippen molar-refractivity contribution in [2.75, 3.05) is 18.4 Å². The molecule has 90 valence electrons. The molecule has 2 N–H and O–H groups in total. The lowest BCUT2D eigenvalue weighted by Crippen LogP contribution is -2.30. The monoisotopic (exact) mass is 231 g/mol. The number of nitrogens with one attached hydrogen (secondary N) is 2. The van der Waals surface area contributed by atoms with Crippen LogP contribution in [0.25, 0.3) is 0 Å². The summed E-state index contributed by atoms with van der Waals surface area (Å²) in [5.41, 5.74) is 3.24. The van der Waals surface area contributed by atoms with Crippen molar-refractivity contribution in [3.8, 4) is 6.07 Å². The predicted molar refractivity (Wildman–Crippen MR) is 67.6 cm³/mol. The van der Waals surface area contributed by atoms with Crippen LogP contribution in [-0.2, 0) is 4.79 Å². The van der Waals surface area contributed by atoms with E-state index in [9.17, 15) is 4.79 Å². The van der Waals surface area contributed by atoms with Gasteiger partial charge in [0.2, 0.25) is 5.91 Å². The fourth-order valence-corrected chi connectivity index (χ4v) is 1.42. The van der Waals surface area contributed by atoms with Gasteiger partial charge in [0.15, 0.2) is 0 Å². The molecule has 4 nitrogen and oxygen atoms in total. The van der Waals surface area contributed by atoms with Gasteiger partial charge in [-0.15, -0.1) is 0 Å². The minimum Gasteiger partial charge on any atom is -0.376 e. The lowest BCUT2D eigenvalue weighted by atomic mass is 10.1. The maximum absolute atomic E-state index is 11.4. The van der Waals surface area contributed by atoms with Crippen molar-refractivity contribution < 1.29 is 4.79 Å². The number of aryl methyl sites for hydroxylation is 2. The van der Waals surface area contributed by atoms with Crippen LogP contribution in [0.5, 0.6) is 0 Å². The zero-order chi connectivity index (χ0) is 12.7. The lowest BCUT2D eigenvalue weighted by molar-refractivity contribution is -0.119. The zero-order valence-electron chi connectivity index (χ0n) is 10.2. The molecule has 0 spiro atoms. The third-order valence-electron chi connectivity index (χ3n) is 2.39. The van der Waals surface area contributed by atoms with Crippen molar-refractivity contribution >= 4 is 11.6 Å². The second kappa shape index (κ2) is 6.54. The van der Waals surface area contributed by atoms with Crippen LogP contribution in [0.2, 0.25) is 0 Å². The van der Waals surface area contributed by atoms with Gasteiger partial charge in [-0.25, -0.2) is 0 Å². The van der Waals surface area contributed by atoms with Crippen molar-refractivity contribution in [3.05, 3.63) is 29.3 Å². The number of hydrogen-bond donors (Lipinski definition) is 2. The minimum atomic E-state index is -0.0962. The van der Waals surface area contributed by atoms with E-state index in [2.05, 4.69) is 10.6 Å². The molecule has 1 amide bonds. The van der Waals surface area contributed by atoms with Crippen LogP contribution in [0.1, 0.15) is 17.5 Å². The van der Waals surface area contributed by atoms with Crippen molar-refractivity contribution in [2.24, 2.45) is 0 Å². The highest BCUT2D eigenvalue weighted by Crippen LogP contribution is 2.15. The van der Waals surface area contributed by atoms with E-state index in [4.69, 9.17) is 5.26 Å². The first-order valence-corrected chi connectivity index (χ1v) is 5.58. The largest absolute Gasteiger partial charge is 0.376 e. The van der Waals surface area contributed by atoms with Gasteiger partial charge in [0, 0.05) is 12.2 Å². The van der Waals surface area contributed by atoms with E-state index < -0.39 is 0 Å². The van der Waals surface area contributed by atoms with E-state index >= 15 is 0 Å². The fraction of sp³-hybridized carbons (Fsp3) is 0.385. The Hall–Kier alpha value is -2.02. The number of rotatable bonds is 5. The second-order valence-electron chi connectivity index (χ2n) is 3.93. The summed E-state index contributed by atoms with van der Waals surface area (Å²) in [4.78, 5) is 11.4. The summed E-state index contributed by atoms with van der Waals surface area (Å²) >= 11 is 0. The van der Waals surface area contributed by atoms with E-state index in [1.54, 1.807) is 0 Å². The molecular formula is C13H17N3O. The van der Waals surface area contributed by atoms with Crippen LogP contribution in [0, 0.1) is 25.2 Å². The number of amides is 1. The first-order valence-electron chi connectivity index (χ1n) is 5.58. The van der Waals surface area contributed by atoms with Gasteiger partial charge in [-0.3, -0.25) is 4.79 Å². The van der Waals surface area contributed by atoms with Gasteiger partial charge in [0.25, 0.3) is 0 Å². The Bertz CT molecular complexity index is 435. The van der Waals surface area contributed by atoms with Crippen LogP contribution in [0.15, 0.2) is 18.2 Å². The molecule has 0 unspecified atom stereocenters. The van der Waals surface area contributed by atoms with Crippen molar-refractivity contribution in [1.82, 2.24) is 5.32 Å². The third-order valence-corrected chi connectivity index (χ3v) is 2.39. The first kappa shape index (κ1) is 13.0. The first-order chi connectivity index (χ1) is 8.13. The Morgan fingerprint density at radius 2 is 2.18 bits per heavy atom. The van der Waals surface area contributed by atoms with Crippen molar-refractivity contribution in [1.29, 1.82) is 5.26 Å². The zero-order valence-corrected chi connectivity index (χ0v) is 10.2. The maximum atomic E-state index is 11.4. The molecule has 0 heterocycles. The summed E-state index contributed by atoms with van der Waals surface area (Å²) in [7, 11) is 0. The molecule has 0 saturated carbocycles. The molecule has 0 bridgehead atoms. The number of anilines is 1. The average molecular weight is 231 g/mol. The third kappa shape index (κ3) is 4.56. The van der Waals surface area contributed by atoms with E-state index in [0.29, 0.717) is 13.0 Å². The number of hydrogen-bond acceptors (Lipinski definition) is 3. The Labute approximate surface area is 102 Å². The Kier molecular flexibility index (Phi) is 5.02. The Morgan fingerprint density at radius 1 is 1.41 bits per heavy atom. The maximum Gasteiger partial charge on any atom is 0.239 e. The molecule has 0 radical (unpaired) electrons. The van der Waals surface area contributed by atoms with Gasteiger partial charge < -0.3 is 10.6 Å². The minimum absolute atomic E-state index is 0.0962. The SMILES string of the molecule is Cc1ccc(C)c(NCC(=O)NCCC#N)c1. The molecule has 1 aromatic rings. The quantitative estimate of drug-likeness (QED) is 0.759. The summed E-state index contributed by atoms with van der Waals surface area (Å²) in [5.74, 6) is -0.0962. The van der Waals surface area contributed by atoms with Gasteiger partial charge in [-0.05, 0) is 31.0 Å². The van der Waals surface area contributed by atoms with E-state index in [-0.39, 0.29) is 12.5 Å². The molecule has 0 aliphatic rings. The van der Waals surface area contributed by atoms with Gasteiger partial charge in [-0.2, -0.15) is 5.26 Å². The smallest absolute Gasteiger partial charge is 0.239 e. The number of carbonyl (C=O) groups is 1. The Morgan fingerprint density at radius 3 is 2.88 bits per heavy atom. The second-order valence-corrected chi connectivity index (χ2v) is 3.93. The lowest BCUT2D eigenvalue weighted by Gasteiger charge is -2.10. The molecule has 0 aromatic heterocycles. The number of nitrogens with zero attached hydrogens (tertiary/aromatic N) is 1. The molecule has 0 fully saturated rings. The average Bonchev–Trinajstić information content (AvgIpc) is 2.31. The number of nitriles is 1. The van der Waals surface area contributed by atoms with Gasteiger partial charge >= 0.3 is 0 Å². The van der Waals surface area contributed by atoms with Gasteiger partial charge in [0.05, 0.1) is 19.0 Å². The molecule has 0 aliphatic carbocycles. The predicted octanol–water partition coefficient (Wildman–Crippen LogP) is 1.75. The van der Waals surface area contributed by atoms with Crippen LogP contribution in [0.3, 0.4) is 0 Å². The standard InChI is InChI=1S/C13H17N3O/c1-10-4-5-11(2)12(8-10)16-9-13(17)15-7-3-6-14/h4-5,8,16H,3,7,9H2,1-2H3,(H,15,17). The number of benzene rings is 1. The molecule has 0 atom stereocenters. The molecule has 0 saturated heterocycles. The highest BCUT2D eigenvalue weighted by atomic mass is 16.1. The molecule has 1 aromatic carbocycles. The topological polar surface area (TPSA) is 64.9 Å². The summed E-state index contributed by atoms with van der Waals surface area (Å²) in [5, 5.41) is 14.1. The van der Waals surface area contributed by atoms with E-state index in [1.807, 2.05) is 38.1 Å². The summed E-state index contributed by atoms with van der Waals surface area (Å²) in [6.45, 7) is 4.65. The summed E-state index contributed by atoms with van der Waals surface area (Å²) in [6.07, 6.45) is 0.342. The molecule has 17 heavy (non-hydrogen) atoms. The Balaban J connectivity index is 2.42.